The smallest absolute Gasteiger partial charge is 0.378 e. The summed E-state index contributed by atoms with van der Waals surface area (Å²) in [5.41, 5.74) is 0.982. The molecule has 6 heteroatoms. The van der Waals surface area contributed by atoms with E-state index in [0.29, 0.717) is 35.2 Å². The predicted octanol–water partition coefficient (Wildman–Crippen LogP) is 6.19. The van der Waals surface area contributed by atoms with Crippen LogP contribution in [0.25, 0.3) is 16.5 Å². The molecule has 0 spiro atoms. The van der Waals surface area contributed by atoms with Gasteiger partial charge in [-0.05, 0) is 67.2 Å². The van der Waals surface area contributed by atoms with Crippen molar-refractivity contribution in [3.63, 3.8) is 0 Å². The molecule has 2 aromatic carbocycles. The molecule has 0 saturated heterocycles. The number of pyridine rings is 1. The Morgan fingerprint density at radius 1 is 1.06 bits per heavy atom. The third-order valence-corrected chi connectivity index (χ3v) is 6.62. The molecule has 5 rings (SSSR count). The molecule has 0 bridgehead atoms. The molecule has 3 aromatic rings. The molecule has 3 atom stereocenters. The van der Waals surface area contributed by atoms with Gasteiger partial charge in [-0.2, -0.15) is 13.2 Å². The van der Waals surface area contributed by atoms with Gasteiger partial charge in [0.2, 0.25) is 0 Å². The number of halogens is 3. The maximum atomic E-state index is 14.6. The van der Waals surface area contributed by atoms with Crippen LogP contribution in [0.2, 0.25) is 0 Å². The maximum Gasteiger partial charge on any atom is 0.420 e. The summed E-state index contributed by atoms with van der Waals surface area (Å²) in [6.45, 7) is 1.87. The first-order valence-electron chi connectivity index (χ1n) is 10.5. The van der Waals surface area contributed by atoms with Crippen LogP contribution in [0, 0.1) is 12.8 Å². The molecular weight excluding hydrogens is 401 g/mol. The van der Waals surface area contributed by atoms with Gasteiger partial charge in [0.15, 0.2) is 5.60 Å². The zero-order valence-corrected chi connectivity index (χ0v) is 17.1. The Bertz CT molecular complexity index is 1190. The Kier molecular flexibility index (Phi) is 4.59. The van der Waals surface area contributed by atoms with Crippen molar-refractivity contribution in [1.82, 2.24) is 4.98 Å². The first-order valence-corrected chi connectivity index (χ1v) is 10.5. The second-order valence-corrected chi connectivity index (χ2v) is 8.46. The van der Waals surface area contributed by atoms with Crippen LogP contribution in [0.15, 0.2) is 60.7 Å². The maximum absolute atomic E-state index is 14.6. The van der Waals surface area contributed by atoms with E-state index in [2.05, 4.69) is 10.3 Å². The number of hydrogen-bond acceptors (Lipinski definition) is 3. The van der Waals surface area contributed by atoms with Gasteiger partial charge in [-0.25, -0.2) is 0 Å². The monoisotopic (exact) mass is 424 g/mol. The number of nitrogens with one attached hydrogen (secondary N) is 1. The lowest BCUT2D eigenvalue weighted by Gasteiger charge is -2.50. The lowest BCUT2D eigenvalue weighted by molar-refractivity contribution is -0.281. The first kappa shape index (κ1) is 20.1. The van der Waals surface area contributed by atoms with Gasteiger partial charge in [0.25, 0.3) is 0 Å². The lowest BCUT2D eigenvalue weighted by Crippen LogP contribution is -2.60. The van der Waals surface area contributed by atoms with E-state index >= 15 is 0 Å². The van der Waals surface area contributed by atoms with Crippen molar-refractivity contribution in [3.8, 4) is 0 Å². The summed E-state index contributed by atoms with van der Waals surface area (Å²) >= 11 is 0. The summed E-state index contributed by atoms with van der Waals surface area (Å²) in [6, 6.07) is 14.8. The van der Waals surface area contributed by atoms with E-state index in [0.717, 1.165) is 23.1 Å². The van der Waals surface area contributed by atoms with Crippen LogP contribution in [-0.4, -0.2) is 21.9 Å². The van der Waals surface area contributed by atoms with Crippen molar-refractivity contribution in [1.29, 1.82) is 0 Å². The van der Waals surface area contributed by atoms with E-state index in [-0.39, 0.29) is 0 Å². The summed E-state index contributed by atoms with van der Waals surface area (Å²) in [7, 11) is 0. The number of rotatable bonds is 2. The van der Waals surface area contributed by atoms with E-state index in [1.165, 1.54) is 0 Å². The molecule has 0 aliphatic heterocycles. The zero-order chi connectivity index (χ0) is 21.8. The number of aliphatic hydroxyl groups is 1. The number of anilines is 1. The molecule has 0 saturated carbocycles. The molecule has 3 unspecified atom stereocenters. The average Bonchev–Trinajstić information content (AvgIpc) is 2.75. The van der Waals surface area contributed by atoms with Crippen molar-refractivity contribution in [2.45, 2.75) is 44.0 Å². The highest BCUT2D eigenvalue weighted by molar-refractivity contribution is 5.92. The van der Waals surface area contributed by atoms with E-state index in [4.69, 9.17) is 0 Å². The van der Waals surface area contributed by atoms with Crippen molar-refractivity contribution < 1.29 is 18.3 Å². The van der Waals surface area contributed by atoms with E-state index < -0.39 is 23.7 Å². The van der Waals surface area contributed by atoms with Gasteiger partial charge < -0.3 is 10.4 Å². The van der Waals surface area contributed by atoms with Crippen molar-refractivity contribution in [2.75, 3.05) is 5.32 Å². The molecule has 2 N–H and O–H groups in total. The standard InChI is InChI=1S/C25H23F3N2O/c1-15-13-14-19-21(29-15)11-6-12-22(19)30-23-18-9-3-2-7-16(18)17-8-4-5-10-20(17)24(23,31)25(26,27)28/h2-3,6-9,11-14,20,23,30-31H,4-5,10H2,1H3. The average molecular weight is 424 g/mol. The topological polar surface area (TPSA) is 45.1 Å². The summed E-state index contributed by atoms with van der Waals surface area (Å²) in [6.07, 6.45) is -1.30. The van der Waals surface area contributed by atoms with Crippen LogP contribution in [0.3, 0.4) is 0 Å². The zero-order valence-electron chi connectivity index (χ0n) is 17.1. The molecule has 0 amide bonds. The third kappa shape index (κ3) is 3.04. The highest BCUT2D eigenvalue weighted by Gasteiger charge is 2.66. The summed E-state index contributed by atoms with van der Waals surface area (Å²) in [4.78, 5) is 4.49. The number of hydrogen-bond donors (Lipinski definition) is 2. The fourth-order valence-corrected chi connectivity index (χ4v) is 5.17. The minimum Gasteiger partial charge on any atom is -0.378 e. The Labute approximate surface area is 178 Å². The minimum atomic E-state index is -4.81. The van der Waals surface area contributed by atoms with Crippen LogP contribution in [0.1, 0.15) is 42.1 Å². The van der Waals surface area contributed by atoms with Gasteiger partial charge >= 0.3 is 6.18 Å². The number of nitrogens with zero attached hydrogens (tertiary/aromatic N) is 1. The second-order valence-electron chi connectivity index (χ2n) is 8.46. The summed E-state index contributed by atoms with van der Waals surface area (Å²) in [5.74, 6) is -1.01. The number of benzene rings is 2. The number of allylic oxidation sites excluding steroid dienone is 1. The molecule has 3 nitrogen and oxygen atoms in total. The van der Waals surface area contributed by atoms with Gasteiger partial charge in [0.1, 0.15) is 0 Å². The number of alkyl halides is 3. The molecule has 1 heterocycles. The first-order chi connectivity index (χ1) is 14.8. The normalized spacial score (nSPS) is 25.5. The van der Waals surface area contributed by atoms with Crippen molar-refractivity contribution in [2.24, 2.45) is 5.92 Å². The molecular formula is C25H23F3N2O. The SMILES string of the molecule is Cc1ccc2c(NC3c4ccccc4C4=CCCCC4C3(O)C(F)(F)F)cccc2n1. The van der Waals surface area contributed by atoms with E-state index in [1.807, 2.05) is 43.3 Å². The second kappa shape index (κ2) is 7.09. The molecule has 2 aliphatic rings. The fraction of sp³-hybridized carbons (Fsp3) is 0.320. The molecule has 0 radical (unpaired) electrons. The molecule has 1 aromatic heterocycles. The van der Waals surface area contributed by atoms with Gasteiger partial charge in [0.05, 0.1) is 11.6 Å². The Morgan fingerprint density at radius 3 is 2.68 bits per heavy atom. The Balaban J connectivity index is 1.72. The molecule has 160 valence electrons. The lowest BCUT2D eigenvalue weighted by atomic mass is 9.62. The van der Waals surface area contributed by atoms with Crippen molar-refractivity contribution >= 4 is 22.2 Å². The van der Waals surface area contributed by atoms with Gasteiger partial charge in [-0.15, -0.1) is 0 Å². The Morgan fingerprint density at radius 2 is 1.87 bits per heavy atom. The van der Waals surface area contributed by atoms with Crippen LogP contribution >= 0.6 is 0 Å². The van der Waals surface area contributed by atoms with Crippen LogP contribution in [0.5, 0.6) is 0 Å². The molecule has 31 heavy (non-hydrogen) atoms. The molecule has 0 fully saturated rings. The van der Waals surface area contributed by atoms with Crippen LogP contribution < -0.4 is 5.32 Å². The minimum absolute atomic E-state index is 0.296. The molecule has 2 aliphatic carbocycles. The highest BCUT2D eigenvalue weighted by Crippen LogP contribution is 2.57. The van der Waals surface area contributed by atoms with Crippen LogP contribution in [0.4, 0.5) is 18.9 Å². The van der Waals surface area contributed by atoms with E-state index in [9.17, 15) is 18.3 Å². The van der Waals surface area contributed by atoms with Gasteiger partial charge in [-0.3, -0.25) is 4.98 Å². The van der Waals surface area contributed by atoms with Gasteiger partial charge in [0, 0.05) is 22.7 Å². The number of fused-ring (bicyclic) bond motifs is 4. The quantitative estimate of drug-likeness (QED) is 0.516. The number of aromatic nitrogens is 1. The highest BCUT2D eigenvalue weighted by atomic mass is 19.4. The summed E-state index contributed by atoms with van der Waals surface area (Å²) < 4.78 is 43.7. The fourth-order valence-electron chi connectivity index (χ4n) is 5.17. The van der Waals surface area contributed by atoms with Gasteiger partial charge in [-0.1, -0.05) is 36.4 Å². The van der Waals surface area contributed by atoms with Crippen LogP contribution in [-0.2, 0) is 0 Å². The third-order valence-electron chi connectivity index (χ3n) is 6.62. The Hall–Kier alpha value is -2.86. The summed E-state index contributed by atoms with van der Waals surface area (Å²) in [5, 5.41) is 15.3. The largest absolute Gasteiger partial charge is 0.420 e. The van der Waals surface area contributed by atoms with Crippen molar-refractivity contribution in [3.05, 3.63) is 77.5 Å². The van der Waals surface area contributed by atoms with E-state index in [1.54, 1.807) is 24.3 Å². The predicted molar refractivity (Wildman–Crippen MR) is 116 cm³/mol. The number of aryl methyl sites for hydroxylation is 1.